The zero-order chi connectivity index (χ0) is 9.81. The van der Waals surface area contributed by atoms with Crippen molar-refractivity contribution in [1.29, 1.82) is 0 Å². The van der Waals surface area contributed by atoms with E-state index in [1.54, 1.807) is 7.11 Å². The van der Waals surface area contributed by atoms with Gasteiger partial charge in [0, 0.05) is 18.7 Å². The molecule has 0 N–H and O–H groups in total. The number of nitrogens with zero attached hydrogens (tertiary/aromatic N) is 2. The Bertz CT molecular complexity index is 354. The lowest BCUT2D eigenvalue weighted by molar-refractivity contribution is -0.217. The molecule has 3 fully saturated rings. The van der Waals surface area contributed by atoms with Gasteiger partial charge in [0.05, 0.1) is 21.9 Å². The maximum Gasteiger partial charge on any atom is 0.0646 e. The van der Waals surface area contributed by atoms with Gasteiger partial charge in [-0.05, 0) is 41.9 Å². The minimum Gasteiger partial charge on any atom is -0.384 e. The molecule has 0 unspecified atom stereocenters. The van der Waals surface area contributed by atoms with Crippen LogP contribution in [0.4, 0.5) is 0 Å². The Morgan fingerprint density at radius 1 is 1.57 bits per heavy atom. The monoisotopic (exact) mass is 304 g/mol. The van der Waals surface area contributed by atoms with Gasteiger partial charge in [0.2, 0.25) is 0 Å². The van der Waals surface area contributed by atoms with E-state index >= 15 is 0 Å². The van der Waals surface area contributed by atoms with Crippen molar-refractivity contribution < 1.29 is 4.74 Å². The second-order valence-electron chi connectivity index (χ2n) is 4.79. The minimum absolute atomic E-state index is 0.363. The summed E-state index contributed by atoms with van der Waals surface area (Å²) < 4.78 is 8.63. The van der Waals surface area contributed by atoms with E-state index in [4.69, 9.17) is 4.74 Å². The van der Waals surface area contributed by atoms with E-state index in [1.807, 2.05) is 6.20 Å². The first kappa shape index (κ1) is 9.15. The van der Waals surface area contributed by atoms with Crippen molar-refractivity contribution in [2.75, 3.05) is 13.7 Å². The third kappa shape index (κ3) is 1.04. The quantitative estimate of drug-likeness (QED) is 0.799. The van der Waals surface area contributed by atoms with Gasteiger partial charge in [-0.1, -0.05) is 0 Å². The van der Waals surface area contributed by atoms with Crippen molar-refractivity contribution in [2.24, 2.45) is 5.41 Å². The van der Waals surface area contributed by atoms with E-state index < -0.39 is 0 Å². The lowest BCUT2D eigenvalue weighted by Gasteiger charge is -2.70. The molecule has 0 aliphatic heterocycles. The fourth-order valence-electron chi connectivity index (χ4n) is 3.20. The molecule has 0 saturated heterocycles. The number of ether oxygens (including phenoxy) is 1. The number of aromatic nitrogens is 2. The lowest BCUT2D eigenvalue weighted by atomic mass is 9.39. The minimum atomic E-state index is 0.363. The van der Waals surface area contributed by atoms with Gasteiger partial charge < -0.3 is 4.74 Å². The number of methoxy groups -OCH3 is 1. The first-order chi connectivity index (χ1) is 6.68. The van der Waals surface area contributed by atoms with E-state index in [-0.39, 0.29) is 0 Å². The first-order valence-corrected chi connectivity index (χ1v) is 5.96. The lowest BCUT2D eigenvalue weighted by Crippen LogP contribution is -2.69. The molecule has 14 heavy (non-hydrogen) atoms. The predicted molar refractivity (Wildman–Crippen MR) is 61.1 cm³/mol. The number of halogens is 1. The van der Waals surface area contributed by atoms with Gasteiger partial charge in [-0.2, -0.15) is 5.10 Å². The molecule has 2 bridgehead atoms. The van der Waals surface area contributed by atoms with Gasteiger partial charge in [0.1, 0.15) is 0 Å². The summed E-state index contributed by atoms with van der Waals surface area (Å²) in [5.74, 6) is 0. The van der Waals surface area contributed by atoms with Crippen molar-refractivity contribution in [3.63, 3.8) is 0 Å². The largest absolute Gasteiger partial charge is 0.384 e. The van der Waals surface area contributed by atoms with Crippen molar-refractivity contribution in [3.05, 3.63) is 16.0 Å². The molecule has 0 radical (unpaired) electrons. The van der Waals surface area contributed by atoms with Crippen LogP contribution in [-0.2, 0) is 10.3 Å². The van der Waals surface area contributed by atoms with Crippen LogP contribution in [0, 0.1) is 8.99 Å². The summed E-state index contributed by atoms with van der Waals surface area (Å²) in [6.07, 6.45) is 7.85. The number of hydrogen-bond acceptors (Lipinski definition) is 2. The zero-order valence-corrected chi connectivity index (χ0v) is 10.3. The van der Waals surface area contributed by atoms with Crippen molar-refractivity contribution >= 4 is 22.6 Å². The highest BCUT2D eigenvalue weighted by atomic mass is 127. The maximum atomic E-state index is 5.24. The summed E-state index contributed by atoms with van der Waals surface area (Å²) in [5.41, 5.74) is 0.869. The zero-order valence-electron chi connectivity index (χ0n) is 8.16. The summed E-state index contributed by atoms with van der Waals surface area (Å²) in [6, 6.07) is 0. The summed E-state index contributed by atoms with van der Waals surface area (Å²) in [7, 11) is 1.80. The average Bonchev–Trinajstić information content (AvgIpc) is 2.41. The average molecular weight is 304 g/mol. The third-order valence-electron chi connectivity index (χ3n) is 3.60. The van der Waals surface area contributed by atoms with Gasteiger partial charge in [0.25, 0.3) is 0 Å². The van der Waals surface area contributed by atoms with Crippen LogP contribution >= 0.6 is 22.6 Å². The van der Waals surface area contributed by atoms with Gasteiger partial charge in [-0.3, -0.25) is 4.68 Å². The smallest absolute Gasteiger partial charge is 0.0646 e. The molecule has 76 valence electrons. The molecule has 1 heterocycles. The molecule has 4 rings (SSSR count). The molecular weight excluding hydrogens is 291 g/mol. The molecule has 0 atom stereocenters. The fraction of sp³-hybridized carbons (Fsp3) is 0.700. The van der Waals surface area contributed by atoms with E-state index in [0.29, 0.717) is 11.0 Å². The van der Waals surface area contributed by atoms with Gasteiger partial charge in [0.15, 0.2) is 0 Å². The highest BCUT2D eigenvalue weighted by Crippen LogP contribution is 2.71. The summed E-state index contributed by atoms with van der Waals surface area (Å²) in [5, 5.41) is 4.41. The van der Waals surface area contributed by atoms with Crippen LogP contribution in [0.2, 0.25) is 0 Å². The molecular formula is C10H13IN2O. The van der Waals surface area contributed by atoms with E-state index in [9.17, 15) is 0 Å². The van der Waals surface area contributed by atoms with E-state index in [0.717, 1.165) is 6.61 Å². The van der Waals surface area contributed by atoms with Crippen LogP contribution in [0.25, 0.3) is 0 Å². The summed E-state index contributed by atoms with van der Waals surface area (Å²) in [6.45, 7) is 0.924. The standard InChI is InChI=1S/C10H13IN2O/c1-14-7-9-4-10(5-9,6-9)13-3-8(11)2-12-13/h2-3H,4-7H2,1H3. The van der Waals surface area contributed by atoms with Crippen LogP contribution in [0.15, 0.2) is 12.4 Å². The highest BCUT2D eigenvalue weighted by Gasteiger charge is 2.69. The van der Waals surface area contributed by atoms with Crippen LogP contribution in [-0.4, -0.2) is 23.5 Å². The Hall–Kier alpha value is -0.100. The highest BCUT2D eigenvalue weighted by molar-refractivity contribution is 14.1. The van der Waals surface area contributed by atoms with Gasteiger partial charge in [-0.25, -0.2) is 0 Å². The first-order valence-electron chi connectivity index (χ1n) is 4.88. The molecule has 3 aliphatic rings. The van der Waals surface area contributed by atoms with Gasteiger partial charge in [-0.15, -0.1) is 0 Å². The Balaban J connectivity index is 1.75. The topological polar surface area (TPSA) is 27.1 Å². The third-order valence-corrected chi connectivity index (χ3v) is 4.16. The van der Waals surface area contributed by atoms with Crippen LogP contribution in [0.3, 0.4) is 0 Å². The van der Waals surface area contributed by atoms with Crippen LogP contribution in [0.5, 0.6) is 0 Å². The second-order valence-corrected chi connectivity index (χ2v) is 6.04. The maximum absolute atomic E-state index is 5.24. The van der Waals surface area contributed by atoms with Crippen LogP contribution < -0.4 is 0 Å². The second kappa shape index (κ2) is 2.72. The molecule has 0 aromatic carbocycles. The molecule has 3 aliphatic carbocycles. The van der Waals surface area contributed by atoms with Crippen molar-refractivity contribution in [3.8, 4) is 0 Å². The molecule has 0 amide bonds. The Kier molecular flexibility index (Phi) is 1.78. The predicted octanol–water partition coefficient (Wildman–Crippen LogP) is 2.01. The van der Waals surface area contributed by atoms with Gasteiger partial charge >= 0.3 is 0 Å². The van der Waals surface area contributed by atoms with Crippen LogP contribution in [0.1, 0.15) is 19.3 Å². The molecule has 3 saturated carbocycles. The van der Waals surface area contributed by atoms with E-state index in [2.05, 4.69) is 38.6 Å². The number of hydrogen-bond donors (Lipinski definition) is 0. The molecule has 3 nitrogen and oxygen atoms in total. The fourth-order valence-corrected chi connectivity index (χ4v) is 3.59. The molecule has 4 heteroatoms. The molecule has 1 aromatic heterocycles. The SMILES string of the molecule is COCC12CC(n3cc(I)cn3)(C1)C2. The Labute approximate surface area is 97.0 Å². The molecule has 0 spiro atoms. The summed E-state index contributed by atoms with van der Waals surface area (Å²) in [4.78, 5) is 0. The summed E-state index contributed by atoms with van der Waals surface area (Å²) >= 11 is 2.31. The Morgan fingerprint density at radius 2 is 2.29 bits per heavy atom. The van der Waals surface area contributed by atoms with Crippen molar-refractivity contribution in [1.82, 2.24) is 9.78 Å². The Morgan fingerprint density at radius 3 is 2.79 bits per heavy atom. The van der Waals surface area contributed by atoms with Crippen molar-refractivity contribution in [2.45, 2.75) is 24.8 Å². The molecule has 1 aromatic rings. The van der Waals surface area contributed by atoms with E-state index in [1.165, 1.54) is 22.8 Å². The number of rotatable bonds is 3. The normalized spacial score (nSPS) is 39.0.